The summed E-state index contributed by atoms with van der Waals surface area (Å²) < 4.78 is 51.8. The minimum atomic E-state index is -3.68. The Morgan fingerprint density at radius 3 is 2.67 bits per heavy atom. The number of benzene rings is 1. The third kappa shape index (κ3) is 3.24. The second-order valence-electron chi connectivity index (χ2n) is 6.81. The number of hydrogen-bond donors (Lipinski definition) is 0. The Balaban J connectivity index is 1.96. The predicted molar refractivity (Wildman–Crippen MR) is 92.3 cm³/mol. The van der Waals surface area contributed by atoms with Gasteiger partial charge in [-0.2, -0.15) is 4.31 Å². The van der Waals surface area contributed by atoms with E-state index in [2.05, 4.69) is 4.90 Å². The molecule has 0 saturated carbocycles. The molecule has 2 aliphatic heterocycles. The first kappa shape index (κ1) is 17.8. The number of rotatable bonds is 3. The Morgan fingerprint density at radius 1 is 1.21 bits per heavy atom. The van der Waals surface area contributed by atoms with Crippen molar-refractivity contribution in [1.82, 2.24) is 9.21 Å². The van der Waals surface area contributed by atoms with Crippen molar-refractivity contribution in [2.24, 2.45) is 0 Å². The highest BCUT2D eigenvalue weighted by Gasteiger charge is 2.32. The van der Waals surface area contributed by atoms with Crippen LogP contribution in [0.1, 0.15) is 24.8 Å². The maximum atomic E-state index is 13.0. The predicted octanol–water partition coefficient (Wildman–Crippen LogP) is 1.12. The molecule has 134 valence electrons. The summed E-state index contributed by atoms with van der Waals surface area (Å²) in [6.07, 6.45) is 3.25. The number of sulfonamides is 1. The van der Waals surface area contributed by atoms with E-state index in [1.165, 1.54) is 10.4 Å². The van der Waals surface area contributed by atoms with Crippen LogP contribution in [0.4, 0.5) is 0 Å². The first-order chi connectivity index (χ1) is 11.2. The van der Waals surface area contributed by atoms with E-state index in [4.69, 9.17) is 0 Å². The number of aryl methyl sites for hydroxylation is 1. The summed E-state index contributed by atoms with van der Waals surface area (Å²) in [5.74, 6) is 0.0677. The van der Waals surface area contributed by atoms with Gasteiger partial charge in [-0.05, 0) is 51.1 Å². The summed E-state index contributed by atoms with van der Waals surface area (Å²) >= 11 is 0. The van der Waals surface area contributed by atoms with Gasteiger partial charge in [0.2, 0.25) is 10.0 Å². The Morgan fingerprint density at radius 2 is 1.96 bits per heavy atom. The molecule has 2 aliphatic rings. The fourth-order valence-corrected chi connectivity index (χ4v) is 6.62. The summed E-state index contributed by atoms with van der Waals surface area (Å²) in [5.41, 5.74) is 0.719. The maximum absolute atomic E-state index is 13.0. The van der Waals surface area contributed by atoms with Crippen molar-refractivity contribution >= 4 is 19.9 Å². The van der Waals surface area contributed by atoms with Crippen molar-refractivity contribution in [2.45, 2.75) is 41.5 Å². The van der Waals surface area contributed by atoms with Gasteiger partial charge < -0.3 is 4.90 Å². The highest BCUT2D eigenvalue weighted by atomic mass is 32.2. The van der Waals surface area contributed by atoms with Crippen molar-refractivity contribution in [3.63, 3.8) is 0 Å². The van der Waals surface area contributed by atoms with Gasteiger partial charge in [-0.3, -0.25) is 0 Å². The van der Waals surface area contributed by atoms with E-state index in [-0.39, 0.29) is 21.6 Å². The van der Waals surface area contributed by atoms with Gasteiger partial charge in [-0.15, -0.1) is 0 Å². The molecule has 3 rings (SSSR count). The van der Waals surface area contributed by atoms with Crippen molar-refractivity contribution in [3.05, 3.63) is 23.8 Å². The van der Waals surface area contributed by atoms with E-state index in [0.29, 0.717) is 19.5 Å². The van der Waals surface area contributed by atoms with Crippen LogP contribution in [0.25, 0.3) is 0 Å². The van der Waals surface area contributed by atoms with E-state index in [1.807, 2.05) is 14.1 Å². The zero-order chi connectivity index (χ0) is 17.5. The number of fused-ring (bicyclic) bond motifs is 1. The number of nitrogens with zero attached hydrogens (tertiary/aromatic N) is 2. The van der Waals surface area contributed by atoms with Crippen LogP contribution in [0.15, 0.2) is 28.0 Å². The van der Waals surface area contributed by atoms with Gasteiger partial charge >= 0.3 is 0 Å². The fraction of sp³-hybridized carbons (Fsp3) is 0.625. The van der Waals surface area contributed by atoms with Crippen molar-refractivity contribution in [1.29, 1.82) is 0 Å². The van der Waals surface area contributed by atoms with Crippen LogP contribution < -0.4 is 0 Å². The summed E-state index contributed by atoms with van der Waals surface area (Å²) in [6.45, 7) is 0.926. The normalized spacial score (nSPS) is 24.7. The maximum Gasteiger partial charge on any atom is 0.243 e. The molecular formula is C16H24N2O4S2. The zero-order valence-corrected chi connectivity index (χ0v) is 15.7. The van der Waals surface area contributed by atoms with E-state index in [0.717, 1.165) is 24.8 Å². The van der Waals surface area contributed by atoms with Crippen LogP contribution in [-0.4, -0.2) is 65.0 Å². The molecular weight excluding hydrogens is 348 g/mol. The molecule has 1 atom stereocenters. The Labute approximate surface area is 144 Å². The van der Waals surface area contributed by atoms with E-state index in [9.17, 15) is 16.8 Å². The van der Waals surface area contributed by atoms with Crippen LogP contribution >= 0.6 is 0 Å². The summed E-state index contributed by atoms with van der Waals surface area (Å²) in [6, 6.07) is 4.72. The molecule has 1 saturated heterocycles. The topological polar surface area (TPSA) is 74.8 Å². The standard InChI is InChI=1S/C16H24N2O4S2/c1-17(2)14-5-3-4-9-18(12-14)24(21,22)15-7-6-13-8-10-23(19,20)16(13)11-15/h6-7,11,14H,3-5,8-10,12H2,1-2H3. The van der Waals surface area contributed by atoms with Crippen molar-refractivity contribution in [2.75, 3.05) is 32.9 Å². The smallest absolute Gasteiger partial charge is 0.243 e. The van der Waals surface area contributed by atoms with Gasteiger partial charge in [-0.25, -0.2) is 16.8 Å². The Hall–Kier alpha value is -0.960. The SMILES string of the molecule is CN(C)C1CCCCN(S(=O)(=O)c2ccc3c(c2)S(=O)(=O)CC3)C1. The molecule has 1 fully saturated rings. The molecule has 0 N–H and O–H groups in total. The third-order valence-electron chi connectivity index (χ3n) is 4.99. The number of hydrogen-bond acceptors (Lipinski definition) is 5. The van der Waals surface area contributed by atoms with E-state index in [1.54, 1.807) is 12.1 Å². The lowest BCUT2D eigenvalue weighted by molar-refractivity contribution is 0.248. The summed E-state index contributed by atoms with van der Waals surface area (Å²) in [5, 5.41) is 0. The average Bonchev–Trinajstić information content (AvgIpc) is 2.71. The molecule has 1 unspecified atom stereocenters. The second-order valence-corrected chi connectivity index (χ2v) is 10.8. The molecule has 0 aliphatic carbocycles. The highest BCUT2D eigenvalue weighted by molar-refractivity contribution is 7.92. The average molecular weight is 373 g/mol. The third-order valence-corrected chi connectivity index (χ3v) is 8.64. The monoisotopic (exact) mass is 372 g/mol. The molecule has 0 aromatic heterocycles. The lowest BCUT2D eigenvalue weighted by Crippen LogP contribution is -2.41. The van der Waals surface area contributed by atoms with E-state index >= 15 is 0 Å². The molecule has 24 heavy (non-hydrogen) atoms. The first-order valence-electron chi connectivity index (χ1n) is 8.24. The molecule has 0 amide bonds. The second kappa shape index (κ2) is 6.40. The first-order valence-corrected chi connectivity index (χ1v) is 11.3. The van der Waals surface area contributed by atoms with Gasteiger partial charge in [0.25, 0.3) is 0 Å². The van der Waals surface area contributed by atoms with Crippen molar-refractivity contribution < 1.29 is 16.8 Å². The number of sulfone groups is 1. The van der Waals surface area contributed by atoms with Gasteiger partial charge in [0, 0.05) is 19.1 Å². The van der Waals surface area contributed by atoms with Gasteiger partial charge in [0.1, 0.15) is 0 Å². The van der Waals surface area contributed by atoms with Gasteiger partial charge in [-0.1, -0.05) is 12.5 Å². The highest BCUT2D eigenvalue weighted by Crippen LogP contribution is 2.30. The van der Waals surface area contributed by atoms with Gasteiger partial charge in [0.15, 0.2) is 9.84 Å². The Bertz CT molecular complexity index is 832. The van der Waals surface area contributed by atoms with E-state index < -0.39 is 19.9 Å². The molecule has 0 spiro atoms. The van der Waals surface area contributed by atoms with Crippen LogP contribution in [0, 0.1) is 0 Å². The van der Waals surface area contributed by atoms with Gasteiger partial charge in [0.05, 0.1) is 15.5 Å². The lowest BCUT2D eigenvalue weighted by atomic mass is 10.1. The van der Waals surface area contributed by atoms with Crippen LogP contribution in [0.3, 0.4) is 0 Å². The van der Waals surface area contributed by atoms with Crippen LogP contribution in [0.5, 0.6) is 0 Å². The quantitative estimate of drug-likeness (QED) is 0.795. The Kier molecular flexibility index (Phi) is 4.76. The summed E-state index contributed by atoms with van der Waals surface area (Å²) in [4.78, 5) is 2.33. The summed E-state index contributed by atoms with van der Waals surface area (Å²) in [7, 11) is -3.10. The molecule has 1 aromatic carbocycles. The molecule has 0 bridgehead atoms. The largest absolute Gasteiger partial charge is 0.305 e. The molecule has 2 heterocycles. The van der Waals surface area contributed by atoms with Crippen LogP contribution in [0.2, 0.25) is 0 Å². The van der Waals surface area contributed by atoms with Crippen LogP contribution in [-0.2, 0) is 26.3 Å². The minimum Gasteiger partial charge on any atom is -0.305 e. The minimum absolute atomic E-state index is 0.0677. The molecule has 1 aromatic rings. The fourth-order valence-electron chi connectivity index (χ4n) is 3.42. The molecule has 6 nitrogen and oxygen atoms in total. The molecule has 0 radical (unpaired) electrons. The number of likely N-dealkylation sites (N-methyl/N-ethyl adjacent to an activating group) is 1. The zero-order valence-electron chi connectivity index (χ0n) is 14.1. The van der Waals surface area contributed by atoms with Crippen molar-refractivity contribution in [3.8, 4) is 0 Å². The lowest BCUT2D eigenvalue weighted by Gasteiger charge is -2.28. The molecule has 8 heteroatoms.